The lowest BCUT2D eigenvalue weighted by molar-refractivity contribution is -0.159. The van der Waals surface area contributed by atoms with Crippen molar-refractivity contribution in [2.24, 2.45) is 5.92 Å². The van der Waals surface area contributed by atoms with Crippen molar-refractivity contribution in [3.05, 3.63) is 65.5 Å². The average molecular weight is 444 g/mol. The molecule has 2 amide bonds. The van der Waals surface area contributed by atoms with Crippen molar-refractivity contribution in [1.29, 1.82) is 0 Å². The number of fused-ring (bicyclic) bond motifs is 1. The predicted octanol–water partition coefficient (Wildman–Crippen LogP) is 2.82. The van der Waals surface area contributed by atoms with Crippen LogP contribution in [0.4, 0.5) is 0 Å². The maximum atomic E-state index is 12.9. The summed E-state index contributed by atoms with van der Waals surface area (Å²) in [5.74, 6) is 7.05. The van der Waals surface area contributed by atoms with Gasteiger partial charge in [0.25, 0.3) is 5.91 Å². The third kappa shape index (κ3) is 4.26. The van der Waals surface area contributed by atoms with Crippen molar-refractivity contribution in [1.82, 2.24) is 14.8 Å². The van der Waals surface area contributed by atoms with Gasteiger partial charge in [-0.1, -0.05) is 36.8 Å². The molecule has 2 aromatic rings. The van der Waals surface area contributed by atoms with Gasteiger partial charge in [0.2, 0.25) is 5.91 Å². The second-order valence-corrected chi connectivity index (χ2v) is 9.35. The molecule has 0 spiro atoms. The van der Waals surface area contributed by atoms with Crippen LogP contribution < -0.4 is 0 Å². The fourth-order valence-corrected chi connectivity index (χ4v) is 5.63. The van der Waals surface area contributed by atoms with E-state index >= 15 is 0 Å². The maximum absolute atomic E-state index is 12.9. The zero-order valence-corrected chi connectivity index (χ0v) is 18.7. The molecule has 1 saturated carbocycles. The molecule has 1 aromatic heterocycles. The minimum atomic E-state index is -0.252. The Labute approximate surface area is 194 Å². The van der Waals surface area contributed by atoms with Crippen LogP contribution in [0.3, 0.4) is 0 Å². The summed E-state index contributed by atoms with van der Waals surface area (Å²) >= 11 is 0. The van der Waals surface area contributed by atoms with Gasteiger partial charge in [-0.2, -0.15) is 0 Å². The van der Waals surface area contributed by atoms with Crippen LogP contribution >= 0.6 is 0 Å². The molecule has 3 atom stereocenters. The second-order valence-electron chi connectivity index (χ2n) is 9.35. The Morgan fingerprint density at radius 2 is 1.94 bits per heavy atom. The van der Waals surface area contributed by atoms with Gasteiger partial charge < -0.3 is 14.9 Å². The van der Waals surface area contributed by atoms with Gasteiger partial charge in [0, 0.05) is 36.8 Å². The summed E-state index contributed by atoms with van der Waals surface area (Å²) in [6.07, 6.45) is 9.39. The lowest BCUT2D eigenvalue weighted by Gasteiger charge is -2.58. The molecule has 5 rings (SSSR count). The molecule has 1 aromatic carbocycles. The Kier molecular flexibility index (Phi) is 6.15. The number of aliphatic hydroxyl groups is 1. The predicted molar refractivity (Wildman–Crippen MR) is 124 cm³/mol. The van der Waals surface area contributed by atoms with Crippen LogP contribution in [0.2, 0.25) is 0 Å². The number of hydrogen-bond acceptors (Lipinski definition) is 4. The van der Waals surface area contributed by atoms with Crippen LogP contribution in [0.15, 0.2) is 48.8 Å². The molecule has 2 saturated heterocycles. The Morgan fingerprint density at radius 3 is 2.64 bits per heavy atom. The van der Waals surface area contributed by atoms with Crippen LogP contribution in [0.5, 0.6) is 0 Å². The lowest BCUT2D eigenvalue weighted by Crippen LogP contribution is -2.73. The van der Waals surface area contributed by atoms with E-state index in [1.165, 1.54) is 31.9 Å². The van der Waals surface area contributed by atoms with Gasteiger partial charge in [-0.15, -0.1) is 0 Å². The summed E-state index contributed by atoms with van der Waals surface area (Å²) < 4.78 is 0. The van der Waals surface area contributed by atoms with Crippen LogP contribution in [-0.4, -0.2) is 63.5 Å². The summed E-state index contributed by atoms with van der Waals surface area (Å²) in [4.78, 5) is 33.1. The highest BCUT2D eigenvalue weighted by atomic mass is 16.3. The molecule has 33 heavy (non-hydrogen) atoms. The zero-order valence-electron chi connectivity index (χ0n) is 18.7. The minimum Gasteiger partial charge on any atom is -0.394 e. The number of pyridine rings is 1. The quantitative estimate of drug-likeness (QED) is 0.738. The van der Waals surface area contributed by atoms with Crippen molar-refractivity contribution in [3.8, 4) is 11.8 Å². The molecule has 1 aliphatic carbocycles. The second kappa shape index (κ2) is 9.36. The average Bonchev–Trinajstić information content (AvgIpc) is 3.35. The monoisotopic (exact) mass is 443 g/mol. The Morgan fingerprint density at radius 1 is 1.15 bits per heavy atom. The van der Waals surface area contributed by atoms with Crippen molar-refractivity contribution in [2.45, 2.75) is 50.1 Å². The van der Waals surface area contributed by atoms with E-state index in [4.69, 9.17) is 0 Å². The van der Waals surface area contributed by atoms with Crippen LogP contribution in [-0.2, 0) is 4.79 Å². The molecule has 3 aliphatic rings. The molecule has 6 heteroatoms. The number of benzene rings is 1. The fraction of sp³-hybridized carbons (Fsp3) is 0.444. The summed E-state index contributed by atoms with van der Waals surface area (Å²) in [6.45, 7) is 0.388. The van der Waals surface area contributed by atoms with Gasteiger partial charge >= 0.3 is 0 Å². The molecule has 3 heterocycles. The summed E-state index contributed by atoms with van der Waals surface area (Å²) in [5, 5.41) is 10.00. The SMILES string of the molecule is O=C(c1cccnc1)N1CC(=O)N2[C@@H](CO)[C@H](c3ccc(C#CCC4CCCC4)cc3)[C@@H]2C1. The van der Waals surface area contributed by atoms with Crippen molar-refractivity contribution >= 4 is 11.8 Å². The first-order chi connectivity index (χ1) is 16.2. The van der Waals surface area contributed by atoms with Gasteiger partial charge in [-0.3, -0.25) is 14.6 Å². The summed E-state index contributed by atoms with van der Waals surface area (Å²) in [6, 6.07) is 11.2. The molecule has 0 radical (unpaired) electrons. The number of piperazine rings is 1. The molecule has 0 unspecified atom stereocenters. The molecule has 0 bridgehead atoms. The summed E-state index contributed by atoms with van der Waals surface area (Å²) in [7, 11) is 0. The normalized spacial score (nSPS) is 24.6. The Hall–Kier alpha value is -3.17. The third-order valence-electron chi connectivity index (χ3n) is 7.34. The molecular weight excluding hydrogens is 414 g/mol. The topological polar surface area (TPSA) is 73.7 Å². The van der Waals surface area contributed by atoms with E-state index in [1.54, 1.807) is 28.1 Å². The molecule has 1 N–H and O–H groups in total. The van der Waals surface area contributed by atoms with Crippen molar-refractivity contribution in [2.75, 3.05) is 19.7 Å². The number of aliphatic hydroxyl groups excluding tert-OH is 1. The Balaban J connectivity index is 1.30. The number of hydrogen-bond donors (Lipinski definition) is 1. The third-order valence-corrected chi connectivity index (χ3v) is 7.34. The van der Waals surface area contributed by atoms with Crippen molar-refractivity contribution in [3.63, 3.8) is 0 Å². The van der Waals surface area contributed by atoms with Crippen LogP contribution in [0.1, 0.15) is 59.5 Å². The van der Waals surface area contributed by atoms with Gasteiger partial charge in [0.05, 0.1) is 24.3 Å². The van der Waals surface area contributed by atoms with Crippen LogP contribution in [0, 0.1) is 17.8 Å². The van der Waals surface area contributed by atoms with E-state index in [0.717, 1.165) is 23.5 Å². The number of rotatable bonds is 4. The Bertz CT molecular complexity index is 1070. The minimum absolute atomic E-state index is 0.0102. The lowest BCUT2D eigenvalue weighted by atomic mass is 9.73. The van der Waals surface area contributed by atoms with Crippen LogP contribution in [0.25, 0.3) is 0 Å². The van der Waals surface area contributed by atoms with Gasteiger partial charge in [0.1, 0.15) is 6.54 Å². The zero-order chi connectivity index (χ0) is 22.8. The van der Waals surface area contributed by atoms with E-state index in [2.05, 4.69) is 29.0 Å². The number of carbonyl (C=O) groups excluding carboxylic acids is 2. The molecule has 6 nitrogen and oxygen atoms in total. The molecular formula is C27H29N3O3. The standard InChI is InChI=1S/C27H29N3O3/c31-18-24-26(21-12-10-20(11-13-21)8-3-7-19-5-1-2-6-19)23-16-29(17-25(32)30(23)24)27(33)22-9-4-14-28-15-22/h4,9-15,19,23-24,26,31H,1-2,5-7,16-18H2/t23-,24-,26+/m0/s1. The molecule has 170 valence electrons. The van der Waals surface area contributed by atoms with Gasteiger partial charge in [0.15, 0.2) is 0 Å². The van der Waals surface area contributed by atoms with Gasteiger partial charge in [-0.25, -0.2) is 0 Å². The molecule has 3 fully saturated rings. The van der Waals surface area contributed by atoms with E-state index in [-0.39, 0.29) is 43.0 Å². The number of amides is 2. The molecule has 2 aliphatic heterocycles. The summed E-state index contributed by atoms with van der Waals surface area (Å²) in [5.41, 5.74) is 2.54. The highest BCUT2D eigenvalue weighted by Crippen LogP contribution is 2.43. The van der Waals surface area contributed by atoms with E-state index in [1.807, 2.05) is 12.1 Å². The highest BCUT2D eigenvalue weighted by Gasteiger charge is 2.54. The van der Waals surface area contributed by atoms with E-state index in [0.29, 0.717) is 12.1 Å². The fourth-order valence-electron chi connectivity index (χ4n) is 5.63. The van der Waals surface area contributed by atoms with Gasteiger partial charge in [-0.05, 0) is 48.6 Å². The first-order valence-electron chi connectivity index (χ1n) is 11.9. The largest absolute Gasteiger partial charge is 0.394 e. The smallest absolute Gasteiger partial charge is 0.255 e. The first-order valence-corrected chi connectivity index (χ1v) is 11.9. The number of nitrogens with zero attached hydrogens (tertiary/aromatic N) is 3. The van der Waals surface area contributed by atoms with E-state index in [9.17, 15) is 14.7 Å². The first kappa shape index (κ1) is 21.7. The maximum Gasteiger partial charge on any atom is 0.255 e. The number of carbonyl (C=O) groups is 2. The van der Waals surface area contributed by atoms with Crippen molar-refractivity contribution < 1.29 is 14.7 Å². The highest BCUT2D eigenvalue weighted by molar-refractivity contribution is 5.97. The van der Waals surface area contributed by atoms with E-state index < -0.39 is 0 Å². The number of aromatic nitrogens is 1.